The largest absolute Gasteiger partial charge is 0.395 e. The molecule has 0 aliphatic rings. The molecule has 0 fully saturated rings. The van der Waals surface area contributed by atoms with Gasteiger partial charge in [-0.25, -0.2) is 0 Å². The fraction of sp³-hybridized carbons (Fsp3) is 0.538. The Kier molecular flexibility index (Phi) is 3.53. The zero-order valence-electron chi connectivity index (χ0n) is 10.1. The zero-order valence-corrected chi connectivity index (χ0v) is 10.1. The molecule has 2 heteroatoms. The Morgan fingerprint density at radius 2 is 1.80 bits per heavy atom. The molecule has 1 rings (SSSR count). The average molecular weight is 207 g/mol. The normalized spacial score (nSPS) is 15.1. The Hall–Kier alpha value is -0.860. The summed E-state index contributed by atoms with van der Waals surface area (Å²) in [5.41, 5.74) is 10.4. The van der Waals surface area contributed by atoms with Crippen molar-refractivity contribution in [1.29, 1.82) is 0 Å². The number of aliphatic hydroxyl groups excluding tert-OH is 1. The van der Waals surface area contributed by atoms with Crippen LogP contribution in [0.2, 0.25) is 0 Å². The third-order valence-corrected chi connectivity index (χ3v) is 3.51. The van der Waals surface area contributed by atoms with Crippen LogP contribution < -0.4 is 5.73 Å². The molecule has 0 bridgehead atoms. The van der Waals surface area contributed by atoms with Crippen molar-refractivity contribution in [1.82, 2.24) is 0 Å². The van der Waals surface area contributed by atoms with Crippen LogP contribution in [0.15, 0.2) is 12.1 Å². The highest BCUT2D eigenvalue weighted by molar-refractivity contribution is 5.42. The van der Waals surface area contributed by atoms with Gasteiger partial charge in [-0.3, -0.25) is 0 Å². The molecule has 3 N–H and O–H groups in total. The van der Waals surface area contributed by atoms with Crippen LogP contribution in [-0.4, -0.2) is 18.3 Å². The molecule has 1 unspecified atom stereocenters. The number of aryl methyl sites for hydroxylation is 1. The molecular formula is C13H21NO. The Morgan fingerprint density at radius 3 is 2.27 bits per heavy atom. The molecule has 0 aromatic heterocycles. The Morgan fingerprint density at radius 1 is 1.20 bits per heavy atom. The van der Waals surface area contributed by atoms with Crippen LogP contribution in [0, 0.1) is 20.8 Å². The molecule has 1 atom stereocenters. The summed E-state index contributed by atoms with van der Waals surface area (Å²) >= 11 is 0. The summed E-state index contributed by atoms with van der Waals surface area (Å²) in [7, 11) is 0. The monoisotopic (exact) mass is 207 g/mol. The third kappa shape index (κ3) is 2.06. The standard InChI is InChI=1S/C13H21NO/c1-9-5-6-12(11(3)10(9)2)13(4,7-14)8-15/h5-6,15H,7-8,14H2,1-4H3. The molecular weight excluding hydrogens is 186 g/mol. The molecule has 0 radical (unpaired) electrons. The SMILES string of the molecule is Cc1ccc(C(C)(CN)CO)c(C)c1C. The maximum absolute atomic E-state index is 9.44. The quantitative estimate of drug-likeness (QED) is 0.794. The molecule has 0 heterocycles. The molecule has 0 saturated carbocycles. The Balaban J connectivity index is 3.32. The van der Waals surface area contributed by atoms with Crippen molar-refractivity contribution >= 4 is 0 Å². The predicted molar refractivity (Wildman–Crippen MR) is 64.1 cm³/mol. The molecule has 0 saturated heterocycles. The van der Waals surface area contributed by atoms with E-state index in [0.29, 0.717) is 6.54 Å². The van der Waals surface area contributed by atoms with Crippen LogP contribution >= 0.6 is 0 Å². The number of hydrogen-bond acceptors (Lipinski definition) is 2. The Bertz CT molecular complexity index is 354. The van der Waals surface area contributed by atoms with Gasteiger partial charge in [-0.05, 0) is 43.0 Å². The van der Waals surface area contributed by atoms with E-state index in [9.17, 15) is 5.11 Å². The van der Waals surface area contributed by atoms with Gasteiger partial charge in [0.15, 0.2) is 0 Å². The molecule has 0 spiro atoms. The van der Waals surface area contributed by atoms with Crippen molar-refractivity contribution in [3.05, 3.63) is 34.4 Å². The van der Waals surface area contributed by atoms with Crippen LogP contribution in [0.4, 0.5) is 0 Å². The topological polar surface area (TPSA) is 46.2 Å². The van der Waals surface area contributed by atoms with Crippen LogP contribution in [0.5, 0.6) is 0 Å². The van der Waals surface area contributed by atoms with E-state index in [0.717, 1.165) is 5.56 Å². The van der Waals surface area contributed by atoms with Crippen LogP contribution in [0.25, 0.3) is 0 Å². The highest BCUT2D eigenvalue weighted by atomic mass is 16.3. The first-order chi connectivity index (χ1) is 6.96. The van der Waals surface area contributed by atoms with Crippen LogP contribution in [-0.2, 0) is 5.41 Å². The van der Waals surface area contributed by atoms with Crippen molar-refractivity contribution in [3.8, 4) is 0 Å². The molecule has 0 amide bonds. The molecule has 0 aliphatic carbocycles. The van der Waals surface area contributed by atoms with Gasteiger partial charge in [0.1, 0.15) is 0 Å². The molecule has 2 nitrogen and oxygen atoms in total. The van der Waals surface area contributed by atoms with E-state index in [1.54, 1.807) is 0 Å². The van der Waals surface area contributed by atoms with Gasteiger partial charge >= 0.3 is 0 Å². The summed E-state index contributed by atoms with van der Waals surface area (Å²) in [6, 6.07) is 4.18. The summed E-state index contributed by atoms with van der Waals surface area (Å²) < 4.78 is 0. The van der Waals surface area contributed by atoms with Gasteiger partial charge in [0.25, 0.3) is 0 Å². The zero-order chi connectivity index (χ0) is 11.6. The number of hydrogen-bond donors (Lipinski definition) is 2. The maximum Gasteiger partial charge on any atom is 0.0537 e. The second kappa shape index (κ2) is 4.33. The minimum absolute atomic E-state index is 0.0901. The second-order valence-corrected chi connectivity index (χ2v) is 4.60. The minimum atomic E-state index is -0.317. The maximum atomic E-state index is 9.44. The van der Waals surface area contributed by atoms with E-state index >= 15 is 0 Å². The van der Waals surface area contributed by atoms with Crippen molar-refractivity contribution in [2.45, 2.75) is 33.1 Å². The second-order valence-electron chi connectivity index (χ2n) is 4.60. The fourth-order valence-corrected chi connectivity index (χ4v) is 1.87. The highest BCUT2D eigenvalue weighted by Crippen LogP contribution is 2.28. The lowest BCUT2D eigenvalue weighted by Crippen LogP contribution is -2.36. The van der Waals surface area contributed by atoms with Crippen molar-refractivity contribution in [3.63, 3.8) is 0 Å². The first-order valence-electron chi connectivity index (χ1n) is 5.34. The first kappa shape index (κ1) is 12.2. The van der Waals surface area contributed by atoms with Gasteiger partial charge in [0.05, 0.1) is 6.61 Å². The van der Waals surface area contributed by atoms with E-state index in [-0.39, 0.29) is 12.0 Å². The number of aliphatic hydroxyl groups is 1. The summed E-state index contributed by atoms with van der Waals surface area (Å²) in [4.78, 5) is 0. The molecule has 1 aromatic carbocycles. The summed E-state index contributed by atoms with van der Waals surface area (Å²) in [6.07, 6.45) is 0. The third-order valence-electron chi connectivity index (χ3n) is 3.51. The van der Waals surface area contributed by atoms with Crippen molar-refractivity contribution in [2.24, 2.45) is 5.73 Å². The van der Waals surface area contributed by atoms with E-state index in [1.165, 1.54) is 16.7 Å². The minimum Gasteiger partial charge on any atom is -0.395 e. The van der Waals surface area contributed by atoms with Crippen LogP contribution in [0.1, 0.15) is 29.2 Å². The molecule has 84 valence electrons. The Labute approximate surface area is 92.1 Å². The lowest BCUT2D eigenvalue weighted by atomic mass is 9.79. The molecule has 1 aromatic rings. The predicted octanol–water partition coefficient (Wildman–Crippen LogP) is 1.82. The van der Waals surface area contributed by atoms with E-state index < -0.39 is 0 Å². The lowest BCUT2D eigenvalue weighted by Gasteiger charge is -2.29. The first-order valence-corrected chi connectivity index (χ1v) is 5.34. The summed E-state index contributed by atoms with van der Waals surface area (Å²) in [5.74, 6) is 0. The van der Waals surface area contributed by atoms with Crippen molar-refractivity contribution < 1.29 is 5.11 Å². The van der Waals surface area contributed by atoms with Crippen LogP contribution in [0.3, 0.4) is 0 Å². The smallest absolute Gasteiger partial charge is 0.0537 e. The van der Waals surface area contributed by atoms with E-state index in [1.807, 2.05) is 6.92 Å². The van der Waals surface area contributed by atoms with Gasteiger partial charge in [0, 0.05) is 12.0 Å². The summed E-state index contributed by atoms with van der Waals surface area (Å²) in [5, 5.41) is 9.44. The molecule has 15 heavy (non-hydrogen) atoms. The van der Waals surface area contributed by atoms with Gasteiger partial charge in [0.2, 0.25) is 0 Å². The highest BCUT2D eigenvalue weighted by Gasteiger charge is 2.26. The number of benzene rings is 1. The molecule has 0 aliphatic heterocycles. The number of rotatable bonds is 3. The number of nitrogens with two attached hydrogens (primary N) is 1. The van der Waals surface area contributed by atoms with Gasteiger partial charge in [-0.15, -0.1) is 0 Å². The summed E-state index contributed by atoms with van der Waals surface area (Å²) in [6.45, 7) is 8.87. The van der Waals surface area contributed by atoms with Crippen molar-refractivity contribution in [2.75, 3.05) is 13.2 Å². The van der Waals surface area contributed by atoms with E-state index in [4.69, 9.17) is 5.73 Å². The fourth-order valence-electron chi connectivity index (χ4n) is 1.87. The lowest BCUT2D eigenvalue weighted by molar-refractivity contribution is 0.209. The van der Waals surface area contributed by atoms with Gasteiger partial charge in [-0.2, -0.15) is 0 Å². The van der Waals surface area contributed by atoms with Gasteiger partial charge in [-0.1, -0.05) is 19.1 Å². The van der Waals surface area contributed by atoms with E-state index in [2.05, 4.69) is 32.9 Å². The van der Waals surface area contributed by atoms with Gasteiger partial charge < -0.3 is 10.8 Å². The average Bonchev–Trinajstić information content (AvgIpc) is 2.25.